The van der Waals surface area contributed by atoms with E-state index in [2.05, 4.69) is 41.0 Å². The summed E-state index contributed by atoms with van der Waals surface area (Å²) >= 11 is 0. The molecule has 1 saturated carbocycles. The molecular weight excluding hydrogens is 436 g/mol. The Morgan fingerprint density at radius 3 is 2.59 bits per heavy atom. The number of anilines is 1. The van der Waals surface area contributed by atoms with Crippen LogP contribution in [-0.4, -0.2) is 25.9 Å². The number of aryl methyl sites for hydroxylation is 1. The van der Waals surface area contributed by atoms with Gasteiger partial charge in [0.05, 0.1) is 23.1 Å². The summed E-state index contributed by atoms with van der Waals surface area (Å²) < 4.78 is 31.5. The number of nitrogens with zero attached hydrogens (tertiary/aromatic N) is 3. The van der Waals surface area contributed by atoms with E-state index in [1.165, 1.54) is 12.5 Å². The molecule has 34 heavy (non-hydrogen) atoms. The first-order valence-electron chi connectivity index (χ1n) is 11.5. The highest BCUT2D eigenvalue weighted by molar-refractivity contribution is 5.94. The van der Waals surface area contributed by atoms with E-state index in [4.69, 9.17) is 0 Å². The summed E-state index contributed by atoms with van der Waals surface area (Å²) in [5.74, 6) is -1.84. The molecule has 8 heteroatoms. The van der Waals surface area contributed by atoms with Gasteiger partial charge in [0.25, 0.3) is 0 Å². The maximum absolute atomic E-state index is 15.2. The Labute approximate surface area is 198 Å². The lowest BCUT2D eigenvalue weighted by Gasteiger charge is -2.24. The smallest absolute Gasteiger partial charge is 0.227 e. The minimum atomic E-state index is -0.798. The maximum atomic E-state index is 15.2. The SMILES string of the molecule is C=Cc1[nH]nc(-c2cnn(C)c2)c1/C=C(\C)c1c(F)ccc(NC(=O)C2CCC2)c1F.CCC. The molecule has 2 heterocycles. The van der Waals surface area contributed by atoms with E-state index in [1.807, 2.05) is 0 Å². The number of carbonyl (C=O) groups is 1. The van der Waals surface area contributed by atoms with Gasteiger partial charge in [-0.25, -0.2) is 8.78 Å². The predicted octanol–water partition coefficient (Wildman–Crippen LogP) is 6.45. The second kappa shape index (κ2) is 11.0. The first-order chi connectivity index (χ1) is 16.3. The summed E-state index contributed by atoms with van der Waals surface area (Å²) in [6, 6.07) is 2.42. The Morgan fingerprint density at radius 2 is 2.03 bits per heavy atom. The Balaban J connectivity index is 0.00000103. The molecule has 0 aliphatic heterocycles. The van der Waals surface area contributed by atoms with Crippen LogP contribution in [0.25, 0.3) is 29.0 Å². The van der Waals surface area contributed by atoms with Crippen molar-refractivity contribution in [2.24, 2.45) is 13.0 Å². The number of amides is 1. The highest BCUT2D eigenvalue weighted by Gasteiger charge is 2.27. The number of hydrogen-bond acceptors (Lipinski definition) is 3. The molecule has 6 nitrogen and oxygen atoms in total. The summed E-state index contributed by atoms with van der Waals surface area (Å²) in [6.07, 6.45) is 10.5. The number of hydrogen-bond donors (Lipinski definition) is 2. The summed E-state index contributed by atoms with van der Waals surface area (Å²) in [7, 11) is 1.79. The molecule has 0 bridgehead atoms. The van der Waals surface area contributed by atoms with Gasteiger partial charge in [-0.05, 0) is 49.6 Å². The molecule has 1 amide bonds. The largest absolute Gasteiger partial charge is 0.323 e. The van der Waals surface area contributed by atoms with Crippen LogP contribution in [0.15, 0.2) is 31.1 Å². The van der Waals surface area contributed by atoms with Gasteiger partial charge in [0, 0.05) is 30.3 Å². The molecule has 0 atom stereocenters. The van der Waals surface area contributed by atoms with Crippen molar-refractivity contribution in [1.29, 1.82) is 0 Å². The molecule has 2 N–H and O–H groups in total. The van der Waals surface area contributed by atoms with Gasteiger partial charge in [-0.3, -0.25) is 14.6 Å². The molecule has 4 rings (SSSR count). The van der Waals surface area contributed by atoms with Crippen LogP contribution in [0.3, 0.4) is 0 Å². The first kappa shape index (κ1) is 25.1. The second-order valence-corrected chi connectivity index (χ2v) is 8.44. The lowest BCUT2D eigenvalue weighted by Crippen LogP contribution is -2.28. The Kier molecular flexibility index (Phi) is 8.15. The molecule has 0 spiro atoms. The summed E-state index contributed by atoms with van der Waals surface area (Å²) in [4.78, 5) is 12.2. The van der Waals surface area contributed by atoms with Crippen molar-refractivity contribution in [2.75, 3.05) is 5.32 Å². The van der Waals surface area contributed by atoms with Gasteiger partial charge >= 0.3 is 0 Å². The number of nitrogens with one attached hydrogen (secondary N) is 2. The third kappa shape index (κ3) is 5.32. The van der Waals surface area contributed by atoms with E-state index in [0.29, 0.717) is 22.5 Å². The fourth-order valence-corrected chi connectivity index (χ4v) is 3.63. The van der Waals surface area contributed by atoms with Gasteiger partial charge in [-0.1, -0.05) is 33.3 Å². The zero-order valence-electron chi connectivity index (χ0n) is 20.1. The molecule has 1 aliphatic carbocycles. The van der Waals surface area contributed by atoms with Gasteiger partial charge in [0.2, 0.25) is 5.91 Å². The fraction of sp³-hybridized carbons (Fsp3) is 0.346. The molecule has 2 aromatic heterocycles. The van der Waals surface area contributed by atoms with Gasteiger partial charge in [0.1, 0.15) is 11.5 Å². The minimum absolute atomic E-state index is 0.0235. The summed E-state index contributed by atoms with van der Waals surface area (Å²) in [5, 5.41) is 14.0. The molecule has 0 radical (unpaired) electrons. The third-order valence-electron chi connectivity index (χ3n) is 5.60. The van der Waals surface area contributed by atoms with Gasteiger partial charge in [-0.2, -0.15) is 10.2 Å². The van der Waals surface area contributed by atoms with E-state index in [-0.39, 0.29) is 23.1 Å². The van der Waals surface area contributed by atoms with Crippen LogP contribution in [0.2, 0.25) is 0 Å². The molecule has 1 fully saturated rings. The second-order valence-electron chi connectivity index (χ2n) is 8.44. The average Bonchev–Trinajstić information content (AvgIpc) is 3.35. The van der Waals surface area contributed by atoms with Crippen LogP contribution in [0, 0.1) is 17.6 Å². The van der Waals surface area contributed by atoms with Crippen molar-refractivity contribution >= 4 is 29.3 Å². The van der Waals surface area contributed by atoms with Gasteiger partial charge in [0.15, 0.2) is 5.82 Å². The molecule has 0 saturated heterocycles. The predicted molar refractivity (Wildman–Crippen MR) is 133 cm³/mol. The number of aromatic amines is 1. The Morgan fingerprint density at radius 1 is 1.32 bits per heavy atom. The topological polar surface area (TPSA) is 75.6 Å². The number of rotatable bonds is 6. The monoisotopic (exact) mass is 467 g/mol. The molecule has 3 aromatic rings. The van der Waals surface area contributed by atoms with E-state index in [9.17, 15) is 9.18 Å². The molecule has 0 unspecified atom stereocenters. The molecule has 1 aromatic carbocycles. The van der Waals surface area contributed by atoms with Crippen LogP contribution in [0.4, 0.5) is 14.5 Å². The minimum Gasteiger partial charge on any atom is -0.323 e. The van der Waals surface area contributed by atoms with Crippen LogP contribution < -0.4 is 5.32 Å². The van der Waals surface area contributed by atoms with Crippen LogP contribution in [-0.2, 0) is 11.8 Å². The van der Waals surface area contributed by atoms with Crippen molar-refractivity contribution in [3.05, 3.63) is 59.6 Å². The Bertz CT molecular complexity index is 1200. The zero-order valence-corrected chi connectivity index (χ0v) is 20.1. The fourth-order valence-electron chi connectivity index (χ4n) is 3.63. The van der Waals surface area contributed by atoms with Crippen molar-refractivity contribution in [3.63, 3.8) is 0 Å². The highest BCUT2D eigenvalue weighted by atomic mass is 19.1. The number of aromatic nitrogens is 4. The van der Waals surface area contributed by atoms with Crippen molar-refractivity contribution in [3.8, 4) is 11.3 Å². The molecule has 180 valence electrons. The van der Waals surface area contributed by atoms with E-state index in [1.54, 1.807) is 43.2 Å². The van der Waals surface area contributed by atoms with Crippen LogP contribution in [0.1, 0.15) is 63.3 Å². The normalized spacial score (nSPS) is 13.6. The number of allylic oxidation sites excluding steroid dienone is 1. The lowest BCUT2D eigenvalue weighted by atomic mass is 9.85. The number of H-pyrrole nitrogens is 1. The maximum Gasteiger partial charge on any atom is 0.227 e. The highest BCUT2D eigenvalue weighted by Crippen LogP contribution is 2.33. The number of carbonyl (C=O) groups excluding carboxylic acids is 1. The van der Waals surface area contributed by atoms with E-state index in [0.717, 1.165) is 30.9 Å². The lowest BCUT2D eigenvalue weighted by molar-refractivity contribution is -0.122. The number of benzene rings is 1. The Hall–Kier alpha value is -3.55. The van der Waals surface area contributed by atoms with Crippen molar-refractivity contribution in [2.45, 2.75) is 46.5 Å². The average molecular weight is 468 g/mol. The number of halogens is 2. The van der Waals surface area contributed by atoms with Crippen LogP contribution in [0.5, 0.6) is 0 Å². The van der Waals surface area contributed by atoms with Gasteiger partial charge < -0.3 is 5.32 Å². The van der Waals surface area contributed by atoms with Crippen LogP contribution >= 0.6 is 0 Å². The summed E-state index contributed by atoms with van der Waals surface area (Å²) in [5.41, 5.74) is 2.75. The quantitative estimate of drug-likeness (QED) is 0.438. The molecule has 1 aliphatic rings. The van der Waals surface area contributed by atoms with Crippen molar-refractivity contribution in [1.82, 2.24) is 20.0 Å². The third-order valence-corrected chi connectivity index (χ3v) is 5.60. The van der Waals surface area contributed by atoms with Crippen molar-refractivity contribution < 1.29 is 13.6 Å². The van der Waals surface area contributed by atoms with E-state index < -0.39 is 11.6 Å². The zero-order chi connectivity index (χ0) is 24.8. The van der Waals surface area contributed by atoms with E-state index >= 15 is 4.39 Å². The molecular formula is C26H31F2N5O. The first-order valence-corrected chi connectivity index (χ1v) is 11.5. The standard InChI is InChI=1S/C23H23F2N5O.C3H8/c1-4-18-16(22(29-28-18)15-11-26-30(3)12-15)10-13(2)20-17(24)8-9-19(21(20)25)27-23(31)14-6-5-7-14;1-3-2/h4,8-12,14H,1,5-7H2,2-3H3,(H,27,31)(H,28,29);3H2,1-2H3/b13-10+;. The summed E-state index contributed by atoms with van der Waals surface area (Å²) in [6.45, 7) is 9.65. The van der Waals surface area contributed by atoms with Gasteiger partial charge in [-0.15, -0.1) is 0 Å².